The molecule has 1 rings (SSSR count). The zero-order valence-corrected chi connectivity index (χ0v) is 12.3. The van der Waals surface area contributed by atoms with Crippen molar-refractivity contribution in [3.8, 4) is 5.75 Å². The second-order valence-electron chi connectivity index (χ2n) is 3.98. The van der Waals surface area contributed by atoms with Gasteiger partial charge in [0.05, 0.1) is 6.61 Å². The normalized spacial score (nSPS) is 12.0. The molecule has 0 fully saturated rings. The number of ether oxygens (including phenoxy) is 2. The SMILES string of the molecule is CCOC(=O)C(F)(F)[C@@H](N)c1ccc(OC(C)=O)cc1.Cl. The molecule has 0 bridgehead atoms. The first-order valence-corrected chi connectivity index (χ1v) is 5.88. The number of carbonyl (C=O) groups excluding carboxylic acids is 2. The fourth-order valence-electron chi connectivity index (χ4n) is 1.47. The Morgan fingerprint density at radius 2 is 1.81 bits per heavy atom. The van der Waals surface area contributed by atoms with Crippen LogP contribution in [0.25, 0.3) is 0 Å². The van der Waals surface area contributed by atoms with Gasteiger partial charge in [-0.3, -0.25) is 4.79 Å². The van der Waals surface area contributed by atoms with Gasteiger partial charge in [-0.1, -0.05) is 12.1 Å². The summed E-state index contributed by atoms with van der Waals surface area (Å²) in [6.45, 7) is 2.48. The molecule has 1 atom stereocenters. The fourth-order valence-corrected chi connectivity index (χ4v) is 1.47. The third-order valence-electron chi connectivity index (χ3n) is 2.44. The number of esters is 2. The summed E-state index contributed by atoms with van der Waals surface area (Å²) in [6, 6.07) is 3.31. The minimum absolute atomic E-state index is 0. The van der Waals surface area contributed by atoms with Crippen molar-refractivity contribution in [3.63, 3.8) is 0 Å². The second-order valence-corrected chi connectivity index (χ2v) is 3.98. The van der Waals surface area contributed by atoms with Crippen LogP contribution in [0.5, 0.6) is 5.75 Å². The Bertz CT molecular complexity index is 493. The van der Waals surface area contributed by atoms with E-state index in [1.165, 1.54) is 38.1 Å². The molecular formula is C13H16ClF2NO4. The largest absolute Gasteiger partial charge is 0.462 e. The standard InChI is InChI=1S/C13H15F2NO4.ClH/c1-3-19-12(18)13(14,15)11(16)9-4-6-10(7-5-9)20-8(2)17;/h4-7,11H,3,16H2,1-2H3;1H/t11-;/m0./s1. The zero-order chi connectivity index (χ0) is 15.3. The molecule has 0 spiro atoms. The molecule has 21 heavy (non-hydrogen) atoms. The summed E-state index contributed by atoms with van der Waals surface area (Å²) < 4.78 is 36.5. The van der Waals surface area contributed by atoms with Crippen LogP contribution in [-0.2, 0) is 14.3 Å². The van der Waals surface area contributed by atoms with Gasteiger partial charge in [0.2, 0.25) is 0 Å². The Hall–Kier alpha value is -1.73. The number of benzene rings is 1. The van der Waals surface area contributed by atoms with Crippen LogP contribution in [0.1, 0.15) is 25.5 Å². The van der Waals surface area contributed by atoms with Crippen molar-refractivity contribution in [2.24, 2.45) is 5.73 Å². The van der Waals surface area contributed by atoms with Crippen molar-refractivity contribution in [2.75, 3.05) is 6.61 Å². The van der Waals surface area contributed by atoms with E-state index < -0.39 is 23.9 Å². The third kappa shape index (κ3) is 4.95. The molecule has 1 aromatic rings. The Morgan fingerprint density at radius 3 is 2.24 bits per heavy atom. The van der Waals surface area contributed by atoms with Gasteiger partial charge in [-0.05, 0) is 24.6 Å². The molecule has 0 aliphatic heterocycles. The maximum atomic E-state index is 13.7. The van der Waals surface area contributed by atoms with E-state index in [0.717, 1.165) is 0 Å². The average Bonchev–Trinajstić information content (AvgIpc) is 2.38. The highest BCUT2D eigenvalue weighted by Crippen LogP contribution is 2.31. The molecule has 0 heterocycles. The quantitative estimate of drug-likeness (QED) is 0.664. The molecule has 0 aromatic heterocycles. The van der Waals surface area contributed by atoms with Crippen LogP contribution in [0.4, 0.5) is 8.78 Å². The van der Waals surface area contributed by atoms with Crippen molar-refractivity contribution < 1.29 is 27.8 Å². The van der Waals surface area contributed by atoms with Crippen LogP contribution in [0.15, 0.2) is 24.3 Å². The molecular weight excluding hydrogens is 308 g/mol. The number of carbonyl (C=O) groups is 2. The van der Waals surface area contributed by atoms with Gasteiger partial charge in [0.25, 0.3) is 0 Å². The van der Waals surface area contributed by atoms with Crippen molar-refractivity contribution in [1.82, 2.24) is 0 Å². The molecule has 118 valence electrons. The summed E-state index contributed by atoms with van der Waals surface area (Å²) in [7, 11) is 0. The van der Waals surface area contributed by atoms with Gasteiger partial charge in [-0.2, -0.15) is 8.78 Å². The van der Waals surface area contributed by atoms with Crippen LogP contribution in [0.2, 0.25) is 0 Å². The molecule has 0 amide bonds. The number of hydrogen-bond acceptors (Lipinski definition) is 5. The van der Waals surface area contributed by atoms with E-state index in [9.17, 15) is 18.4 Å². The molecule has 0 aliphatic rings. The van der Waals surface area contributed by atoms with Gasteiger partial charge >= 0.3 is 17.9 Å². The minimum Gasteiger partial charge on any atom is -0.462 e. The van der Waals surface area contributed by atoms with Gasteiger partial charge in [0.1, 0.15) is 11.8 Å². The van der Waals surface area contributed by atoms with E-state index in [-0.39, 0.29) is 30.3 Å². The molecule has 0 unspecified atom stereocenters. The molecule has 0 aliphatic carbocycles. The lowest BCUT2D eigenvalue weighted by Gasteiger charge is -2.21. The highest BCUT2D eigenvalue weighted by Gasteiger charge is 2.47. The summed E-state index contributed by atoms with van der Waals surface area (Å²) in [6.07, 6.45) is 0. The topological polar surface area (TPSA) is 78.6 Å². The Balaban J connectivity index is 0.00000400. The molecule has 8 heteroatoms. The summed E-state index contributed by atoms with van der Waals surface area (Å²) >= 11 is 0. The summed E-state index contributed by atoms with van der Waals surface area (Å²) in [5.41, 5.74) is 5.42. The lowest BCUT2D eigenvalue weighted by atomic mass is 10.0. The molecule has 5 nitrogen and oxygen atoms in total. The number of rotatable bonds is 5. The number of hydrogen-bond donors (Lipinski definition) is 1. The third-order valence-corrected chi connectivity index (χ3v) is 2.44. The summed E-state index contributed by atoms with van der Waals surface area (Å²) in [4.78, 5) is 21.9. The monoisotopic (exact) mass is 323 g/mol. The van der Waals surface area contributed by atoms with Crippen molar-refractivity contribution in [1.29, 1.82) is 0 Å². The van der Waals surface area contributed by atoms with Gasteiger partial charge in [0, 0.05) is 6.92 Å². The Morgan fingerprint density at radius 1 is 1.29 bits per heavy atom. The number of alkyl halides is 2. The maximum Gasteiger partial charge on any atom is 0.379 e. The van der Waals surface area contributed by atoms with Crippen molar-refractivity contribution in [3.05, 3.63) is 29.8 Å². The van der Waals surface area contributed by atoms with Gasteiger partial charge in [-0.15, -0.1) is 12.4 Å². The molecule has 1 aromatic carbocycles. The number of nitrogens with two attached hydrogens (primary N) is 1. The van der Waals surface area contributed by atoms with Crippen molar-refractivity contribution >= 4 is 24.3 Å². The lowest BCUT2D eigenvalue weighted by molar-refractivity contribution is -0.174. The smallest absolute Gasteiger partial charge is 0.379 e. The van der Waals surface area contributed by atoms with E-state index in [2.05, 4.69) is 4.74 Å². The first-order valence-electron chi connectivity index (χ1n) is 5.88. The first kappa shape index (κ1) is 19.3. The zero-order valence-electron chi connectivity index (χ0n) is 11.5. The predicted molar refractivity (Wildman–Crippen MR) is 73.5 cm³/mol. The first-order chi connectivity index (χ1) is 9.28. The average molecular weight is 324 g/mol. The van der Waals surface area contributed by atoms with Crippen molar-refractivity contribution in [2.45, 2.75) is 25.8 Å². The molecule has 0 saturated carbocycles. The van der Waals surface area contributed by atoms with Crippen LogP contribution in [0.3, 0.4) is 0 Å². The summed E-state index contributed by atoms with van der Waals surface area (Å²) in [5.74, 6) is -5.83. The molecule has 0 saturated heterocycles. The van der Waals surface area contributed by atoms with Gasteiger partial charge < -0.3 is 15.2 Å². The Labute approximate surface area is 126 Å². The predicted octanol–water partition coefficient (Wildman–Crippen LogP) is 2.23. The van der Waals surface area contributed by atoms with E-state index in [0.29, 0.717) is 0 Å². The lowest BCUT2D eigenvalue weighted by Crippen LogP contribution is -2.41. The van der Waals surface area contributed by atoms with E-state index in [1.807, 2.05) is 0 Å². The van der Waals surface area contributed by atoms with Crippen LogP contribution < -0.4 is 10.5 Å². The molecule has 0 radical (unpaired) electrons. The van der Waals surface area contributed by atoms with Gasteiger partial charge in [0.15, 0.2) is 0 Å². The van der Waals surface area contributed by atoms with E-state index in [4.69, 9.17) is 10.5 Å². The van der Waals surface area contributed by atoms with Gasteiger partial charge in [-0.25, -0.2) is 4.79 Å². The van der Waals surface area contributed by atoms with Crippen LogP contribution >= 0.6 is 12.4 Å². The van der Waals surface area contributed by atoms with Crippen LogP contribution in [0, 0.1) is 0 Å². The Kier molecular flexibility index (Phi) is 7.25. The number of halogens is 3. The highest BCUT2D eigenvalue weighted by molar-refractivity contribution is 5.85. The molecule has 2 N–H and O–H groups in total. The van der Waals surface area contributed by atoms with E-state index >= 15 is 0 Å². The minimum atomic E-state index is -3.83. The second kappa shape index (κ2) is 7.90. The summed E-state index contributed by atoms with van der Waals surface area (Å²) in [5, 5.41) is 0. The maximum absolute atomic E-state index is 13.7. The highest BCUT2D eigenvalue weighted by atomic mass is 35.5. The fraction of sp³-hybridized carbons (Fsp3) is 0.385. The van der Waals surface area contributed by atoms with E-state index in [1.54, 1.807) is 0 Å². The van der Waals surface area contributed by atoms with Crippen LogP contribution in [-0.4, -0.2) is 24.5 Å².